The van der Waals surface area contributed by atoms with Gasteiger partial charge in [-0.2, -0.15) is 0 Å². The molecule has 2 aliphatic heterocycles. The van der Waals surface area contributed by atoms with E-state index in [2.05, 4.69) is 11.1 Å². The van der Waals surface area contributed by atoms with Crippen molar-refractivity contribution in [1.29, 1.82) is 0 Å². The van der Waals surface area contributed by atoms with Crippen LogP contribution in [0.5, 0.6) is 5.75 Å². The molecule has 1 aromatic heterocycles. The van der Waals surface area contributed by atoms with E-state index in [-0.39, 0.29) is 6.04 Å². The van der Waals surface area contributed by atoms with Crippen LogP contribution in [-0.4, -0.2) is 29.4 Å². The van der Waals surface area contributed by atoms with Gasteiger partial charge in [0.05, 0.1) is 13.2 Å². The molecule has 4 rings (SSSR count). The lowest BCUT2D eigenvalue weighted by molar-refractivity contribution is -0.129. The molecule has 1 amide bonds. The van der Waals surface area contributed by atoms with Crippen LogP contribution in [0.1, 0.15) is 30.1 Å². The summed E-state index contributed by atoms with van der Waals surface area (Å²) >= 11 is 0. The fourth-order valence-electron chi connectivity index (χ4n) is 3.48. The molecule has 0 radical (unpaired) electrons. The molecule has 3 heterocycles. The number of nitrogens with zero attached hydrogens (tertiary/aromatic N) is 1. The Morgan fingerprint density at radius 2 is 2.26 bits per heavy atom. The van der Waals surface area contributed by atoms with Crippen molar-refractivity contribution in [3.05, 3.63) is 29.5 Å². The zero-order valence-corrected chi connectivity index (χ0v) is 10.9. The maximum absolute atomic E-state index is 11.8. The first-order chi connectivity index (χ1) is 9.28. The molecule has 2 aliphatic rings. The molecule has 2 aromatic rings. The highest BCUT2D eigenvalue weighted by molar-refractivity contribution is 5.88. The second-order valence-corrected chi connectivity index (χ2v) is 5.32. The Kier molecular flexibility index (Phi) is 2.16. The van der Waals surface area contributed by atoms with Gasteiger partial charge in [-0.1, -0.05) is 0 Å². The van der Waals surface area contributed by atoms with Crippen LogP contribution in [-0.2, 0) is 11.2 Å². The van der Waals surface area contributed by atoms with Crippen molar-refractivity contribution in [3.8, 4) is 5.75 Å². The van der Waals surface area contributed by atoms with Gasteiger partial charge in [-0.15, -0.1) is 0 Å². The van der Waals surface area contributed by atoms with Crippen LogP contribution in [0.4, 0.5) is 0 Å². The predicted molar refractivity (Wildman–Crippen MR) is 72.2 cm³/mol. The van der Waals surface area contributed by atoms with Gasteiger partial charge in [0, 0.05) is 35.6 Å². The number of amides is 1. The predicted octanol–water partition coefficient (Wildman–Crippen LogP) is 2.40. The van der Waals surface area contributed by atoms with Crippen molar-refractivity contribution < 1.29 is 9.53 Å². The monoisotopic (exact) mass is 256 g/mol. The molecule has 0 bridgehead atoms. The number of rotatable bonds is 1. The zero-order chi connectivity index (χ0) is 13.0. The van der Waals surface area contributed by atoms with Crippen molar-refractivity contribution in [2.75, 3.05) is 13.7 Å². The minimum atomic E-state index is 0.259. The molecular formula is C15H16N2O2. The van der Waals surface area contributed by atoms with Gasteiger partial charge >= 0.3 is 0 Å². The van der Waals surface area contributed by atoms with E-state index in [1.54, 1.807) is 7.11 Å². The molecule has 19 heavy (non-hydrogen) atoms. The number of aromatic nitrogens is 1. The molecule has 0 aliphatic carbocycles. The van der Waals surface area contributed by atoms with E-state index in [1.807, 2.05) is 17.0 Å². The lowest BCUT2D eigenvalue weighted by Gasteiger charge is -2.29. The van der Waals surface area contributed by atoms with Crippen LogP contribution in [0.3, 0.4) is 0 Å². The first kappa shape index (κ1) is 10.9. The molecule has 4 nitrogen and oxygen atoms in total. The zero-order valence-electron chi connectivity index (χ0n) is 10.9. The fraction of sp³-hybridized carbons (Fsp3) is 0.400. The summed E-state index contributed by atoms with van der Waals surface area (Å²) in [5.74, 6) is 1.16. The summed E-state index contributed by atoms with van der Waals surface area (Å²) in [5, 5.41) is 1.27. The summed E-state index contributed by atoms with van der Waals surface area (Å²) in [6, 6.07) is 6.42. The van der Waals surface area contributed by atoms with Crippen LogP contribution in [0, 0.1) is 0 Å². The Labute approximate surface area is 111 Å². The summed E-state index contributed by atoms with van der Waals surface area (Å²) in [4.78, 5) is 17.4. The molecule has 1 saturated heterocycles. The lowest BCUT2D eigenvalue weighted by Crippen LogP contribution is -2.33. The lowest BCUT2D eigenvalue weighted by atomic mass is 9.98. The van der Waals surface area contributed by atoms with Gasteiger partial charge in [0.2, 0.25) is 5.91 Å². The highest BCUT2D eigenvalue weighted by Crippen LogP contribution is 2.41. The van der Waals surface area contributed by atoms with E-state index in [0.29, 0.717) is 12.3 Å². The Morgan fingerprint density at radius 1 is 1.37 bits per heavy atom. The minimum Gasteiger partial charge on any atom is -0.497 e. The van der Waals surface area contributed by atoms with E-state index in [9.17, 15) is 4.79 Å². The van der Waals surface area contributed by atoms with Gasteiger partial charge in [-0.3, -0.25) is 4.79 Å². The second-order valence-electron chi connectivity index (χ2n) is 5.32. The third-order valence-corrected chi connectivity index (χ3v) is 4.41. The van der Waals surface area contributed by atoms with Gasteiger partial charge in [0.1, 0.15) is 5.75 Å². The second kappa shape index (κ2) is 3.76. The first-order valence-corrected chi connectivity index (χ1v) is 6.76. The molecule has 1 atom stereocenters. The topological polar surface area (TPSA) is 45.3 Å². The summed E-state index contributed by atoms with van der Waals surface area (Å²) in [5.41, 5.74) is 3.74. The maximum atomic E-state index is 11.8. The number of nitrogens with one attached hydrogen (secondary N) is 1. The number of aromatic amines is 1. The van der Waals surface area contributed by atoms with Gasteiger partial charge < -0.3 is 14.6 Å². The summed E-state index contributed by atoms with van der Waals surface area (Å²) < 4.78 is 5.27. The van der Waals surface area contributed by atoms with Crippen molar-refractivity contribution in [2.45, 2.75) is 25.3 Å². The number of hydrogen-bond acceptors (Lipinski definition) is 2. The number of carbonyl (C=O) groups excluding carboxylic acids is 1. The fourth-order valence-corrected chi connectivity index (χ4v) is 3.48. The van der Waals surface area contributed by atoms with Crippen LogP contribution >= 0.6 is 0 Å². The van der Waals surface area contributed by atoms with E-state index in [4.69, 9.17) is 4.74 Å². The smallest absolute Gasteiger partial charge is 0.223 e. The van der Waals surface area contributed by atoms with E-state index >= 15 is 0 Å². The van der Waals surface area contributed by atoms with Crippen molar-refractivity contribution in [3.63, 3.8) is 0 Å². The van der Waals surface area contributed by atoms with Gasteiger partial charge in [-0.05, 0) is 30.5 Å². The van der Waals surface area contributed by atoms with Crippen LogP contribution in [0.15, 0.2) is 18.2 Å². The Hall–Kier alpha value is -1.97. The van der Waals surface area contributed by atoms with Crippen molar-refractivity contribution >= 4 is 16.8 Å². The normalized spacial score (nSPS) is 21.6. The summed E-state index contributed by atoms with van der Waals surface area (Å²) in [7, 11) is 1.68. The average molecular weight is 256 g/mol. The standard InChI is InChI=1S/C15H16N2O2/c1-19-9-2-3-10-11-6-7-17-13(4-5-14(17)18)15(11)16-12(10)8-9/h2-3,8,13,16H,4-7H2,1H3/t13-/m1/s1. The summed E-state index contributed by atoms with van der Waals surface area (Å²) in [6.07, 6.45) is 2.57. The van der Waals surface area contributed by atoms with E-state index in [1.165, 1.54) is 16.6 Å². The minimum absolute atomic E-state index is 0.259. The number of hydrogen-bond donors (Lipinski definition) is 1. The number of methoxy groups -OCH3 is 1. The van der Waals surface area contributed by atoms with Crippen molar-refractivity contribution in [1.82, 2.24) is 9.88 Å². The quantitative estimate of drug-likeness (QED) is 0.851. The van der Waals surface area contributed by atoms with E-state index < -0.39 is 0 Å². The summed E-state index contributed by atoms with van der Waals surface area (Å²) in [6.45, 7) is 0.857. The Balaban J connectivity index is 1.89. The molecule has 0 saturated carbocycles. The number of carbonyl (C=O) groups is 1. The number of H-pyrrole nitrogens is 1. The molecular weight excluding hydrogens is 240 g/mol. The highest BCUT2D eigenvalue weighted by Gasteiger charge is 2.37. The van der Waals surface area contributed by atoms with Gasteiger partial charge in [-0.25, -0.2) is 0 Å². The largest absolute Gasteiger partial charge is 0.497 e. The Morgan fingerprint density at radius 3 is 3.11 bits per heavy atom. The molecule has 4 heteroatoms. The molecule has 1 N–H and O–H groups in total. The molecule has 1 aromatic carbocycles. The molecule has 0 spiro atoms. The van der Waals surface area contributed by atoms with Crippen LogP contribution < -0.4 is 4.74 Å². The number of ether oxygens (including phenoxy) is 1. The molecule has 0 unspecified atom stereocenters. The maximum Gasteiger partial charge on any atom is 0.223 e. The van der Waals surface area contributed by atoms with Crippen molar-refractivity contribution in [2.24, 2.45) is 0 Å². The van der Waals surface area contributed by atoms with Gasteiger partial charge in [0.15, 0.2) is 0 Å². The molecule has 1 fully saturated rings. The van der Waals surface area contributed by atoms with E-state index in [0.717, 1.165) is 30.7 Å². The first-order valence-electron chi connectivity index (χ1n) is 6.76. The molecule has 98 valence electrons. The Bertz CT molecular complexity index is 674. The SMILES string of the molecule is COc1ccc2c3c([nH]c2c1)[C@H]1CCC(=O)N1CC3. The average Bonchev–Trinajstić information content (AvgIpc) is 2.98. The highest BCUT2D eigenvalue weighted by atomic mass is 16.5. The third kappa shape index (κ3) is 1.43. The number of benzene rings is 1. The van der Waals surface area contributed by atoms with Gasteiger partial charge in [0.25, 0.3) is 0 Å². The van der Waals surface area contributed by atoms with Crippen LogP contribution in [0.2, 0.25) is 0 Å². The van der Waals surface area contributed by atoms with Crippen LogP contribution in [0.25, 0.3) is 10.9 Å². The third-order valence-electron chi connectivity index (χ3n) is 4.41. The number of fused-ring (bicyclic) bond motifs is 5.